The van der Waals surface area contributed by atoms with Gasteiger partial charge in [0, 0.05) is 18.2 Å². The van der Waals surface area contributed by atoms with Crippen molar-refractivity contribution in [2.75, 3.05) is 5.32 Å². The molecule has 2 amide bonds. The Labute approximate surface area is 149 Å². The van der Waals surface area contributed by atoms with Gasteiger partial charge in [-0.15, -0.1) is 0 Å². The van der Waals surface area contributed by atoms with E-state index in [2.05, 4.69) is 5.32 Å². The number of carbonyl (C=O) groups is 2. The van der Waals surface area contributed by atoms with E-state index in [1.54, 1.807) is 6.07 Å². The number of nitrogens with two attached hydrogens (primary N) is 1. The number of nitrogens with one attached hydrogen (secondary N) is 1. The van der Waals surface area contributed by atoms with Crippen molar-refractivity contribution in [2.24, 2.45) is 5.73 Å². The van der Waals surface area contributed by atoms with Gasteiger partial charge in [-0.05, 0) is 36.6 Å². The SMILES string of the molecule is NC(=O)c1cc(=O)c2cc(NC(=O)CCCc3ccccc3)ccc2o1. The molecule has 132 valence electrons. The molecule has 1 heterocycles. The van der Waals surface area contributed by atoms with E-state index in [0.29, 0.717) is 12.1 Å². The van der Waals surface area contributed by atoms with Crippen molar-refractivity contribution >= 4 is 28.5 Å². The van der Waals surface area contributed by atoms with Crippen LogP contribution >= 0.6 is 0 Å². The molecule has 0 bridgehead atoms. The Kier molecular flexibility index (Phi) is 5.12. The Bertz CT molecular complexity index is 1010. The van der Waals surface area contributed by atoms with Crippen molar-refractivity contribution in [1.29, 1.82) is 0 Å². The number of amides is 2. The normalized spacial score (nSPS) is 10.6. The van der Waals surface area contributed by atoms with Gasteiger partial charge in [-0.25, -0.2) is 0 Å². The summed E-state index contributed by atoms with van der Waals surface area (Å²) in [5.74, 6) is -1.13. The molecule has 1 aromatic heterocycles. The van der Waals surface area contributed by atoms with Crippen LogP contribution in [0.2, 0.25) is 0 Å². The first-order valence-corrected chi connectivity index (χ1v) is 8.24. The first kappa shape index (κ1) is 17.4. The van der Waals surface area contributed by atoms with Gasteiger partial charge < -0.3 is 15.5 Å². The lowest BCUT2D eigenvalue weighted by Crippen LogP contribution is -2.15. The molecule has 3 N–H and O–H groups in total. The van der Waals surface area contributed by atoms with E-state index < -0.39 is 5.91 Å². The van der Waals surface area contributed by atoms with Crippen LogP contribution in [0.4, 0.5) is 5.69 Å². The zero-order chi connectivity index (χ0) is 18.5. The first-order chi connectivity index (χ1) is 12.5. The molecule has 6 heteroatoms. The Balaban J connectivity index is 1.66. The van der Waals surface area contributed by atoms with Gasteiger partial charge >= 0.3 is 0 Å². The van der Waals surface area contributed by atoms with Gasteiger partial charge in [0.1, 0.15) is 5.58 Å². The summed E-state index contributed by atoms with van der Waals surface area (Å²) in [6.45, 7) is 0. The lowest BCUT2D eigenvalue weighted by atomic mass is 10.1. The lowest BCUT2D eigenvalue weighted by molar-refractivity contribution is -0.116. The number of benzene rings is 2. The number of anilines is 1. The molecule has 26 heavy (non-hydrogen) atoms. The molecule has 0 aliphatic heterocycles. The minimum atomic E-state index is -0.806. The van der Waals surface area contributed by atoms with Crippen LogP contribution in [0.1, 0.15) is 29.0 Å². The van der Waals surface area contributed by atoms with Gasteiger partial charge in [0.15, 0.2) is 11.2 Å². The van der Waals surface area contributed by atoms with Crippen LogP contribution < -0.4 is 16.5 Å². The van der Waals surface area contributed by atoms with Crippen molar-refractivity contribution in [3.8, 4) is 0 Å². The third kappa shape index (κ3) is 4.16. The van der Waals surface area contributed by atoms with Crippen LogP contribution in [0.15, 0.2) is 63.8 Å². The Morgan fingerprint density at radius 2 is 1.81 bits per heavy atom. The fourth-order valence-corrected chi connectivity index (χ4v) is 2.68. The number of hydrogen-bond acceptors (Lipinski definition) is 4. The molecule has 0 unspecified atom stereocenters. The topological polar surface area (TPSA) is 102 Å². The van der Waals surface area contributed by atoms with E-state index in [1.807, 2.05) is 30.3 Å². The Morgan fingerprint density at radius 3 is 2.54 bits per heavy atom. The average molecular weight is 350 g/mol. The Hall–Kier alpha value is -3.41. The van der Waals surface area contributed by atoms with Crippen molar-refractivity contribution in [1.82, 2.24) is 0 Å². The summed E-state index contributed by atoms with van der Waals surface area (Å²) in [7, 11) is 0. The molecular formula is C20H18N2O4. The minimum absolute atomic E-state index is 0.126. The number of primary amides is 1. The second-order valence-electron chi connectivity index (χ2n) is 5.94. The van der Waals surface area contributed by atoms with Crippen LogP contribution in [-0.2, 0) is 11.2 Å². The van der Waals surface area contributed by atoms with Crippen molar-refractivity contribution < 1.29 is 14.0 Å². The maximum Gasteiger partial charge on any atom is 0.284 e. The molecular weight excluding hydrogens is 332 g/mol. The number of rotatable bonds is 6. The molecule has 3 rings (SSSR count). The number of hydrogen-bond donors (Lipinski definition) is 2. The summed E-state index contributed by atoms with van der Waals surface area (Å²) < 4.78 is 5.29. The Morgan fingerprint density at radius 1 is 1.04 bits per heavy atom. The summed E-state index contributed by atoms with van der Waals surface area (Å²) >= 11 is 0. The van der Waals surface area contributed by atoms with Gasteiger partial charge in [0.2, 0.25) is 5.91 Å². The standard InChI is InChI=1S/C20H18N2O4/c21-20(25)18-12-16(23)15-11-14(9-10-17(15)26-18)22-19(24)8-4-7-13-5-2-1-3-6-13/h1-3,5-6,9-12H,4,7-8H2,(H2,21,25)(H,22,24). The third-order valence-electron chi connectivity index (χ3n) is 3.97. The van der Waals surface area contributed by atoms with Crippen LogP contribution in [0, 0.1) is 0 Å². The first-order valence-electron chi connectivity index (χ1n) is 8.24. The summed E-state index contributed by atoms with van der Waals surface area (Å²) in [6, 6.07) is 15.7. The molecule has 0 saturated carbocycles. The minimum Gasteiger partial charge on any atom is -0.451 e. The van der Waals surface area contributed by atoms with E-state index in [-0.39, 0.29) is 28.1 Å². The van der Waals surface area contributed by atoms with E-state index in [4.69, 9.17) is 10.2 Å². The fourth-order valence-electron chi connectivity index (χ4n) is 2.68. The van der Waals surface area contributed by atoms with Crippen LogP contribution in [0.5, 0.6) is 0 Å². The molecule has 0 spiro atoms. The highest BCUT2D eigenvalue weighted by Crippen LogP contribution is 2.18. The maximum absolute atomic E-state index is 12.1. The monoisotopic (exact) mass is 350 g/mol. The van der Waals surface area contributed by atoms with Gasteiger partial charge in [-0.2, -0.15) is 0 Å². The van der Waals surface area contributed by atoms with E-state index >= 15 is 0 Å². The highest BCUT2D eigenvalue weighted by atomic mass is 16.3. The summed E-state index contributed by atoms with van der Waals surface area (Å²) in [4.78, 5) is 35.3. The maximum atomic E-state index is 12.1. The van der Waals surface area contributed by atoms with Crippen molar-refractivity contribution in [2.45, 2.75) is 19.3 Å². The molecule has 0 radical (unpaired) electrons. The quantitative estimate of drug-likeness (QED) is 0.713. The third-order valence-corrected chi connectivity index (χ3v) is 3.97. The molecule has 0 atom stereocenters. The van der Waals surface area contributed by atoms with Crippen LogP contribution in [-0.4, -0.2) is 11.8 Å². The molecule has 0 aliphatic carbocycles. The molecule has 0 saturated heterocycles. The van der Waals surface area contributed by atoms with Crippen molar-refractivity contribution in [3.05, 3.63) is 76.1 Å². The van der Waals surface area contributed by atoms with Gasteiger partial charge in [0.25, 0.3) is 5.91 Å². The second-order valence-corrected chi connectivity index (χ2v) is 5.94. The molecule has 6 nitrogen and oxygen atoms in total. The second kappa shape index (κ2) is 7.65. The smallest absolute Gasteiger partial charge is 0.284 e. The summed E-state index contributed by atoms with van der Waals surface area (Å²) in [5.41, 5.74) is 6.67. The summed E-state index contributed by atoms with van der Waals surface area (Å²) in [6.07, 6.45) is 1.93. The highest BCUT2D eigenvalue weighted by molar-refractivity contribution is 5.95. The zero-order valence-corrected chi connectivity index (χ0v) is 14.0. The van der Waals surface area contributed by atoms with Gasteiger partial charge in [-0.3, -0.25) is 14.4 Å². The largest absolute Gasteiger partial charge is 0.451 e. The van der Waals surface area contributed by atoms with Crippen LogP contribution in [0.3, 0.4) is 0 Å². The zero-order valence-electron chi connectivity index (χ0n) is 14.0. The fraction of sp³-hybridized carbons (Fsp3) is 0.150. The highest BCUT2D eigenvalue weighted by Gasteiger charge is 2.10. The average Bonchev–Trinajstić information content (AvgIpc) is 2.63. The number of aryl methyl sites for hydroxylation is 1. The number of fused-ring (bicyclic) bond motifs is 1. The van der Waals surface area contributed by atoms with E-state index in [9.17, 15) is 14.4 Å². The van der Waals surface area contributed by atoms with Gasteiger partial charge in [-0.1, -0.05) is 30.3 Å². The van der Waals surface area contributed by atoms with E-state index in [0.717, 1.165) is 18.9 Å². The molecule has 0 fully saturated rings. The summed E-state index contributed by atoms with van der Waals surface area (Å²) in [5, 5.41) is 3.05. The molecule has 3 aromatic rings. The molecule has 2 aromatic carbocycles. The molecule has 0 aliphatic rings. The number of carbonyl (C=O) groups excluding carboxylic acids is 2. The van der Waals surface area contributed by atoms with Crippen molar-refractivity contribution in [3.63, 3.8) is 0 Å². The lowest BCUT2D eigenvalue weighted by Gasteiger charge is -2.07. The predicted molar refractivity (Wildman–Crippen MR) is 99.0 cm³/mol. The predicted octanol–water partition coefficient (Wildman–Crippen LogP) is 2.85. The van der Waals surface area contributed by atoms with E-state index in [1.165, 1.54) is 17.7 Å². The van der Waals surface area contributed by atoms with Crippen LogP contribution in [0.25, 0.3) is 11.0 Å². The van der Waals surface area contributed by atoms with Gasteiger partial charge in [0.05, 0.1) is 5.39 Å².